The van der Waals surface area contributed by atoms with Gasteiger partial charge in [0.25, 0.3) is 0 Å². The maximum Gasteiger partial charge on any atom is 0.245 e. The first kappa shape index (κ1) is 41.2. The van der Waals surface area contributed by atoms with E-state index in [0.717, 1.165) is 153 Å². The quantitative estimate of drug-likeness (QED) is 0.135. The lowest BCUT2D eigenvalue weighted by Gasteiger charge is -2.37. The Labute approximate surface area is 371 Å². The van der Waals surface area contributed by atoms with Crippen molar-refractivity contribution in [1.82, 2.24) is 39.5 Å². The molecule has 2 amide bonds. The van der Waals surface area contributed by atoms with Crippen molar-refractivity contribution in [3.05, 3.63) is 144 Å². The van der Waals surface area contributed by atoms with Crippen LogP contribution in [0.1, 0.15) is 117 Å². The van der Waals surface area contributed by atoms with E-state index in [-0.39, 0.29) is 36.0 Å². The largest absolute Gasteiger partial charge is 0.344 e. The summed E-state index contributed by atoms with van der Waals surface area (Å²) in [4.78, 5) is 55.1. The van der Waals surface area contributed by atoms with E-state index in [1.165, 1.54) is 12.8 Å². The van der Waals surface area contributed by atoms with Crippen LogP contribution in [0, 0.1) is 6.92 Å². The zero-order chi connectivity index (χ0) is 42.7. The molecule has 0 unspecified atom stereocenters. The molecule has 4 aromatic carbocycles. The highest BCUT2D eigenvalue weighted by Gasteiger charge is 2.40. The van der Waals surface area contributed by atoms with Gasteiger partial charge in [-0.25, -0.2) is 9.97 Å². The molecule has 10 heteroatoms. The number of aromatic amines is 2. The van der Waals surface area contributed by atoms with Gasteiger partial charge in [-0.05, 0) is 112 Å². The van der Waals surface area contributed by atoms with Crippen molar-refractivity contribution < 1.29 is 9.59 Å². The van der Waals surface area contributed by atoms with Gasteiger partial charge in [0.1, 0.15) is 23.7 Å². The molecule has 0 radical (unpaired) electrons. The van der Waals surface area contributed by atoms with Crippen molar-refractivity contribution in [3.8, 4) is 33.6 Å². The second-order valence-corrected chi connectivity index (χ2v) is 18.1. The zero-order valence-corrected chi connectivity index (χ0v) is 36.6. The van der Waals surface area contributed by atoms with Crippen molar-refractivity contribution in [1.29, 1.82) is 0 Å². The molecule has 2 aromatic heterocycles. The van der Waals surface area contributed by atoms with Crippen LogP contribution in [0.5, 0.6) is 0 Å². The molecule has 324 valence electrons. The lowest BCUT2D eigenvalue weighted by Crippen LogP contribution is -2.44. The number of nitrogens with one attached hydrogen (secondary N) is 2. The monoisotopic (exact) mass is 840 g/mol. The van der Waals surface area contributed by atoms with Gasteiger partial charge < -0.3 is 19.8 Å². The number of hydrogen-bond acceptors (Lipinski definition) is 6. The van der Waals surface area contributed by atoms with Crippen LogP contribution in [0.4, 0.5) is 0 Å². The third kappa shape index (κ3) is 8.51. The molecule has 4 atom stereocenters. The first-order valence-corrected chi connectivity index (χ1v) is 23.5. The number of aryl methyl sites for hydroxylation is 1. The van der Waals surface area contributed by atoms with E-state index < -0.39 is 0 Å². The van der Waals surface area contributed by atoms with Crippen molar-refractivity contribution in [2.24, 2.45) is 0 Å². The minimum absolute atomic E-state index is 0.0645. The van der Waals surface area contributed by atoms with Crippen LogP contribution in [0.2, 0.25) is 0 Å². The number of H-pyrrole nitrogens is 2. The van der Waals surface area contributed by atoms with Gasteiger partial charge in [-0.3, -0.25) is 19.4 Å². The van der Waals surface area contributed by atoms with E-state index in [9.17, 15) is 9.59 Å². The molecule has 6 aromatic rings. The average molecular weight is 841 g/mol. The van der Waals surface area contributed by atoms with Crippen molar-refractivity contribution in [2.45, 2.75) is 95.3 Å². The Morgan fingerprint density at radius 2 is 0.984 bits per heavy atom. The fraction of sp³-hybridized carbons (Fsp3) is 0.396. The SMILES string of the molecule is Cc1[nH]c([C@@H]2CCCN2C(=O)[C@@H](c2ccccc2)N2CCCCC2)nc1-c1ccc(-c2ccc(-c3cnc([C@H]4CCCN4C(=O)[C@H](c4ccccc4)N4CCCCC4)[nH]3)cc2)cc1. The van der Waals surface area contributed by atoms with Crippen LogP contribution >= 0.6 is 0 Å². The van der Waals surface area contributed by atoms with Crippen molar-refractivity contribution >= 4 is 11.8 Å². The van der Waals surface area contributed by atoms with Gasteiger partial charge >= 0.3 is 0 Å². The molecular formula is C53H60N8O2. The smallest absolute Gasteiger partial charge is 0.245 e. The number of rotatable bonds is 11. The van der Waals surface area contributed by atoms with Gasteiger partial charge in [0.2, 0.25) is 11.8 Å². The van der Waals surface area contributed by atoms with E-state index in [4.69, 9.17) is 9.97 Å². The predicted octanol–water partition coefficient (Wildman–Crippen LogP) is 10.2. The normalized spacial score (nSPS) is 20.8. The molecule has 2 N–H and O–H groups in total. The number of piperidine rings is 2. The Kier molecular flexibility index (Phi) is 12.1. The summed E-state index contributed by atoms with van der Waals surface area (Å²) in [5.74, 6) is 2.12. The van der Waals surface area contributed by atoms with E-state index in [1.54, 1.807) is 0 Å². The number of amides is 2. The molecule has 10 rings (SSSR count). The first-order valence-electron chi connectivity index (χ1n) is 23.5. The maximum absolute atomic E-state index is 14.5. The summed E-state index contributed by atoms with van der Waals surface area (Å²) in [7, 11) is 0. The van der Waals surface area contributed by atoms with Crippen molar-refractivity contribution in [3.63, 3.8) is 0 Å². The number of nitrogens with zero attached hydrogens (tertiary/aromatic N) is 6. The van der Waals surface area contributed by atoms with Crippen LogP contribution < -0.4 is 0 Å². The number of imidazole rings is 2. The number of likely N-dealkylation sites (tertiary alicyclic amines) is 4. The maximum atomic E-state index is 14.5. The van der Waals surface area contributed by atoms with Crippen LogP contribution in [0.3, 0.4) is 0 Å². The summed E-state index contributed by atoms with van der Waals surface area (Å²) < 4.78 is 0. The molecule has 6 heterocycles. The zero-order valence-electron chi connectivity index (χ0n) is 36.6. The number of hydrogen-bond donors (Lipinski definition) is 2. The average Bonchev–Trinajstić information content (AvgIpc) is 4.19. The molecule has 4 aliphatic rings. The van der Waals surface area contributed by atoms with Gasteiger partial charge in [-0.1, -0.05) is 122 Å². The third-order valence-corrected chi connectivity index (χ3v) is 14.1. The first-order chi connectivity index (χ1) is 31.0. The highest BCUT2D eigenvalue weighted by molar-refractivity contribution is 5.85. The molecule has 0 aliphatic carbocycles. The second kappa shape index (κ2) is 18.5. The van der Waals surface area contributed by atoms with E-state index in [2.05, 4.69) is 109 Å². The highest BCUT2D eigenvalue weighted by Crippen LogP contribution is 2.39. The Bertz CT molecular complexity index is 2470. The number of carbonyl (C=O) groups excluding carboxylic acids is 2. The summed E-state index contributed by atoms with van der Waals surface area (Å²) in [6.07, 6.45) is 12.7. The molecule has 63 heavy (non-hydrogen) atoms. The van der Waals surface area contributed by atoms with Gasteiger partial charge in [0, 0.05) is 24.3 Å². The Hall–Kier alpha value is -5.84. The van der Waals surface area contributed by atoms with E-state index >= 15 is 0 Å². The minimum Gasteiger partial charge on any atom is -0.344 e. The molecular weight excluding hydrogens is 781 g/mol. The summed E-state index contributed by atoms with van der Waals surface area (Å²) in [6.45, 7) is 7.41. The van der Waals surface area contributed by atoms with Gasteiger partial charge in [0.05, 0.1) is 29.7 Å². The lowest BCUT2D eigenvalue weighted by atomic mass is 10.00. The van der Waals surface area contributed by atoms with Crippen LogP contribution in [-0.4, -0.2) is 90.6 Å². The van der Waals surface area contributed by atoms with E-state index in [1.807, 2.05) is 42.6 Å². The molecule has 4 aliphatic heterocycles. The summed E-state index contributed by atoms with van der Waals surface area (Å²) in [5.41, 5.74) is 9.43. The fourth-order valence-electron chi connectivity index (χ4n) is 10.8. The summed E-state index contributed by atoms with van der Waals surface area (Å²) in [5, 5.41) is 0. The molecule has 0 spiro atoms. The Balaban J connectivity index is 0.817. The Morgan fingerprint density at radius 3 is 1.49 bits per heavy atom. The fourth-order valence-corrected chi connectivity index (χ4v) is 10.8. The predicted molar refractivity (Wildman–Crippen MR) is 248 cm³/mol. The molecule has 0 saturated carbocycles. The summed E-state index contributed by atoms with van der Waals surface area (Å²) >= 11 is 0. The van der Waals surface area contributed by atoms with Crippen LogP contribution in [0.25, 0.3) is 33.6 Å². The number of benzene rings is 4. The molecule has 10 nitrogen and oxygen atoms in total. The number of carbonyl (C=O) groups is 2. The van der Waals surface area contributed by atoms with E-state index in [0.29, 0.717) is 0 Å². The molecule has 0 bridgehead atoms. The standard InChI is InChI=1S/C53H60N8O2/c1-37-47(57-51(55-37)46-21-15-35-61(46)53(63)49(43-18-8-3-9-19-43)59-32-12-5-13-33-59)41-28-24-39(25-29-41)38-22-26-40(27-23-38)44-36-54-50(56-44)45-20-14-34-60(45)52(62)48(42-16-6-2-7-17-42)58-30-10-4-11-31-58/h2-3,6-9,16-19,22-29,36,45-46,48-49H,4-5,10-15,20-21,30-35H2,1H3,(H,54,56)(H,55,57)/t45-,46+,48+,49-/m1/s1. The Morgan fingerprint density at radius 1 is 0.524 bits per heavy atom. The topological polar surface area (TPSA) is 104 Å². The molecule has 4 fully saturated rings. The number of aromatic nitrogens is 4. The second-order valence-electron chi connectivity index (χ2n) is 18.1. The van der Waals surface area contributed by atoms with Gasteiger partial charge in [-0.2, -0.15) is 0 Å². The van der Waals surface area contributed by atoms with Gasteiger partial charge in [0.15, 0.2) is 0 Å². The van der Waals surface area contributed by atoms with Crippen LogP contribution in [-0.2, 0) is 9.59 Å². The third-order valence-electron chi connectivity index (χ3n) is 14.1. The van der Waals surface area contributed by atoms with Crippen LogP contribution in [0.15, 0.2) is 115 Å². The van der Waals surface area contributed by atoms with Crippen molar-refractivity contribution in [2.75, 3.05) is 39.3 Å². The molecule has 4 saturated heterocycles. The minimum atomic E-state index is -0.260. The van der Waals surface area contributed by atoms with Gasteiger partial charge in [-0.15, -0.1) is 0 Å². The lowest BCUT2D eigenvalue weighted by molar-refractivity contribution is -0.139. The highest BCUT2D eigenvalue weighted by atomic mass is 16.2. The summed E-state index contributed by atoms with van der Waals surface area (Å²) in [6, 6.07) is 37.3.